The van der Waals surface area contributed by atoms with Crippen LogP contribution in [0.5, 0.6) is 5.75 Å². The number of methoxy groups -OCH3 is 1. The smallest absolute Gasteiger partial charge is 0.226 e. The van der Waals surface area contributed by atoms with Crippen molar-refractivity contribution in [1.82, 2.24) is 9.80 Å². The van der Waals surface area contributed by atoms with Crippen LogP contribution in [0.25, 0.3) is 11.0 Å². The summed E-state index contributed by atoms with van der Waals surface area (Å²) < 4.78 is 16.5. The van der Waals surface area contributed by atoms with Gasteiger partial charge in [-0.25, -0.2) is 0 Å². The van der Waals surface area contributed by atoms with Crippen LogP contribution in [0.1, 0.15) is 22.7 Å². The van der Waals surface area contributed by atoms with Crippen molar-refractivity contribution < 1.29 is 18.7 Å². The van der Waals surface area contributed by atoms with E-state index in [2.05, 4.69) is 17.0 Å². The van der Waals surface area contributed by atoms with Gasteiger partial charge in [-0.3, -0.25) is 9.69 Å². The van der Waals surface area contributed by atoms with E-state index in [0.717, 1.165) is 40.9 Å². The van der Waals surface area contributed by atoms with E-state index in [1.165, 1.54) is 5.56 Å². The number of hydrogen-bond donors (Lipinski definition) is 0. The number of furan rings is 1. The van der Waals surface area contributed by atoms with E-state index in [9.17, 15) is 4.79 Å². The molecule has 2 aromatic carbocycles. The molecule has 1 fully saturated rings. The molecule has 4 rings (SSSR count). The number of morpholine rings is 1. The number of carbonyl (C=O) groups is 1. The molecule has 1 atom stereocenters. The van der Waals surface area contributed by atoms with Crippen LogP contribution < -0.4 is 4.74 Å². The Morgan fingerprint density at radius 1 is 1.16 bits per heavy atom. The number of ether oxygens (including phenoxy) is 2. The summed E-state index contributed by atoms with van der Waals surface area (Å²) in [5, 5.41) is 1.01. The number of fused-ring (bicyclic) bond motifs is 1. The number of amides is 1. The maximum Gasteiger partial charge on any atom is 0.226 e. The average molecular weight is 423 g/mol. The number of likely N-dealkylation sites (N-methyl/N-ethyl adjacent to an activating group) is 1. The topological polar surface area (TPSA) is 55.2 Å². The zero-order valence-corrected chi connectivity index (χ0v) is 18.5. The van der Waals surface area contributed by atoms with Gasteiger partial charge in [0.15, 0.2) is 0 Å². The van der Waals surface area contributed by atoms with Crippen LogP contribution in [0, 0.1) is 6.92 Å². The maximum atomic E-state index is 13.1. The second kappa shape index (κ2) is 9.54. The Kier molecular flexibility index (Phi) is 6.59. The van der Waals surface area contributed by atoms with Crippen LogP contribution >= 0.6 is 0 Å². The van der Waals surface area contributed by atoms with Gasteiger partial charge in [-0.2, -0.15) is 0 Å². The van der Waals surface area contributed by atoms with Crippen molar-refractivity contribution in [2.24, 2.45) is 0 Å². The van der Waals surface area contributed by atoms with Crippen molar-refractivity contribution in [3.63, 3.8) is 0 Å². The zero-order chi connectivity index (χ0) is 21.8. The summed E-state index contributed by atoms with van der Waals surface area (Å²) in [6.07, 6.45) is 2.03. The van der Waals surface area contributed by atoms with Crippen molar-refractivity contribution in [2.75, 3.05) is 47.0 Å². The SMILES string of the molecule is COc1ccc([C@H](CN(C)C(=O)Cc2coc3cc(C)ccc23)N2CCOCC2)cc1. The number of benzene rings is 2. The molecule has 31 heavy (non-hydrogen) atoms. The molecule has 6 heteroatoms. The molecule has 0 N–H and O–H groups in total. The minimum Gasteiger partial charge on any atom is -0.497 e. The van der Waals surface area contributed by atoms with Gasteiger partial charge in [0.1, 0.15) is 11.3 Å². The Balaban J connectivity index is 1.50. The van der Waals surface area contributed by atoms with E-state index in [1.54, 1.807) is 13.4 Å². The van der Waals surface area contributed by atoms with E-state index in [-0.39, 0.29) is 11.9 Å². The van der Waals surface area contributed by atoms with Crippen LogP contribution in [0.3, 0.4) is 0 Å². The number of hydrogen-bond acceptors (Lipinski definition) is 5. The van der Waals surface area contributed by atoms with Crippen LogP contribution in [0.2, 0.25) is 0 Å². The number of aryl methyl sites for hydroxylation is 1. The summed E-state index contributed by atoms with van der Waals surface area (Å²) in [7, 11) is 3.55. The summed E-state index contributed by atoms with van der Waals surface area (Å²) in [4.78, 5) is 17.3. The minimum atomic E-state index is 0.0787. The molecule has 0 aliphatic carbocycles. The second-order valence-electron chi connectivity index (χ2n) is 8.15. The molecule has 0 unspecified atom stereocenters. The number of rotatable bonds is 7. The molecule has 1 aliphatic heterocycles. The van der Waals surface area contributed by atoms with Crippen LogP contribution in [-0.4, -0.2) is 62.7 Å². The van der Waals surface area contributed by atoms with E-state index >= 15 is 0 Å². The van der Waals surface area contributed by atoms with Gasteiger partial charge < -0.3 is 18.8 Å². The Labute approximate surface area is 183 Å². The van der Waals surface area contributed by atoms with E-state index in [4.69, 9.17) is 13.9 Å². The first-order valence-corrected chi connectivity index (χ1v) is 10.7. The Morgan fingerprint density at radius 2 is 1.90 bits per heavy atom. The largest absolute Gasteiger partial charge is 0.497 e. The van der Waals surface area contributed by atoms with E-state index in [0.29, 0.717) is 26.2 Å². The molecule has 164 valence electrons. The third-order valence-electron chi connectivity index (χ3n) is 6.01. The molecule has 1 aliphatic rings. The molecule has 1 amide bonds. The predicted octanol–water partition coefficient (Wildman–Crippen LogP) is 3.82. The molecular formula is C25H30N2O4. The Morgan fingerprint density at radius 3 is 2.61 bits per heavy atom. The van der Waals surface area contributed by atoms with Crippen LogP contribution in [0.15, 0.2) is 53.1 Å². The lowest BCUT2D eigenvalue weighted by Gasteiger charge is -2.37. The monoisotopic (exact) mass is 422 g/mol. The first-order chi connectivity index (χ1) is 15.0. The fourth-order valence-corrected chi connectivity index (χ4v) is 4.13. The summed E-state index contributed by atoms with van der Waals surface area (Å²) >= 11 is 0. The van der Waals surface area contributed by atoms with Crippen LogP contribution in [-0.2, 0) is 16.0 Å². The normalized spacial score (nSPS) is 15.7. The van der Waals surface area contributed by atoms with Gasteiger partial charge in [0, 0.05) is 37.6 Å². The maximum absolute atomic E-state index is 13.1. The van der Waals surface area contributed by atoms with Gasteiger partial charge >= 0.3 is 0 Å². The van der Waals surface area contributed by atoms with E-state index in [1.807, 2.05) is 49.2 Å². The number of carbonyl (C=O) groups excluding carboxylic acids is 1. The molecule has 0 radical (unpaired) electrons. The van der Waals surface area contributed by atoms with Gasteiger partial charge in [-0.15, -0.1) is 0 Å². The highest BCUT2D eigenvalue weighted by Crippen LogP contribution is 2.26. The summed E-state index contributed by atoms with van der Waals surface area (Å²) in [6.45, 7) is 5.77. The molecular weight excluding hydrogens is 392 g/mol. The molecule has 6 nitrogen and oxygen atoms in total. The molecule has 1 aromatic heterocycles. The van der Waals surface area contributed by atoms with Crippen molar-refractivity contribution in [3.05, 3.63) is 65.4 Å². The summed E-state index contributed by atoms with van der Waals surface area (Å²) in [5.74, 6) is 0.908. The first-order valence-electron chi connectivity index (χ1n) is 10.7. The third-order valence-corrected chi connectivity index (χ3v) is 6.01. The molecule has 0 spiro atoms. The average Bonchev–Trinajstić information content (AvgIpc) is 3.19. The van der Waals surface area contributed by atoms with Crippen LogP contribution in [0.4, 0.5) is 0 Å². The Bertz CT molecular complexity index is 1020. The van der Waals surface area contributed by atoms with Gasteiger partial charge in [-0.05, 0) is 36.2 Å². The molecule has 2 heterocycles. The Hall–Kier alpha value is -2.83. The van der Waals surface area contributed by atoms with Gasteiger partial charge in [0.05, 0.1) is 39.0 Å². The third kappa shape index (κ3) is 4.92. The highest BCUT2D eigenvalue weighted by molar-refractivity contribution is 5.87. The molecule has 1 saturated heterocycles. The van der Waals surface area contributed by atoms with Crippen molar-refractivity contribution in [3.8, 4) is 5.75 Å². The van der Waals surface area contributed by atoms with Crippen molar-refractivity contribution in [1.29, 1.82) is 0 Å². The predicted molar refractivity (Wildman–Crippen MR) is 120 cm³/mol. The quantitative estimate of drug-likeness (QED) is 0.579. The summed E-state index contributed by atoms with van der Waals surface area (Å²) in [6, 6.07) is 14.3. The van der Waals surface area contributed by atoms with Crippen molar-refractivity contribution >= 4 is 16.9 Å². The van der Waals surface area contributed by atoms with Gasteiger partial charge in [0.2, 0.25) is 5.91 Å². The van der Waals surface area contributed by atoms with Gasteiger partial charge in [-0.1, -0.05) is 24.3 Å². The minimum absolute atomic E-state index is 0.0787. The van der Waals surface area contributed by atoms with Crippen molar-refractivity contribution in [2.45, 2.75) is 19.4 Å². The summed E-state index contributed by atoms with van der Waals surface area (Å²) in [5.41, 5.74) is 4.07. The fraction of sp³-hybridized carbons (Fsp3) is 0.400. The van der Waals surface area contributed by atoms with E-state index < -0.39 is 0 Å². The lowest BCUT2D eigenvalue weighted by atomic mass is 10.0. The molecule has 3 aromatic rings. The zero-order valence-electron chi connectivity index (χ0n) is 18.5. The fourth-order valence-electron chi connectivity index (χ4n) is 4.13. The second-order valence-corrected chi connectivity index (χ2v) is 8.15. The number of nitrogens with zero attached hydrogens (tertiary/aromatic N) is 2. The highest BCUT2D eigenvalue weighted by Gasteiger charge is 2.26. The standard InChI is InChI=1S/C25H30N2O4/c1-18-4-9-22-20(17-31-24(22)14-18)15-25(28)26(2)16-23(27-10-12-30-13-11-27)19-5-7-21(29-3)8-6-19/h4-9,14,17,23H,10-13,15-16H2,1-3H3/t23-/m0/s1. The lowest BCUT2D eigenvalue weighted by molar-refractivity contribution is -0.130. The molecule has 0 bridgehead atoms. The lowest BCUT2D eigenvalue weighted by Crippen LogP contribution is -2.44. The first kappa shape index (κ1) is 21.4. The van der Waals surface area contributed by atoms with Gasteiger partial charge in [0.25, 0.3) is 0 Å². The molecule has 0 saturated carbocycles. The highest BCUT2D eigenvalue weighted by atomic mass is 16.5.